The zero-order chi connectivity index (χ0) is 12.4. The number of nitrogens with one attached hydrogen (secondary N) is 1. The molecule has 0 atom stereocenters. The predicted molar refractivity (Wildman–Crippen MR) is 73.8 cm³/mol. The lowest BCUT2D eigenvalue weighted by atomic mass is 10.2. The highest BCUT2D eigenvalue weighted by Crippen LogP contribution is 2.13. The fraction of sp³-hybridized carbons (Fsp3) is 0.0667. The number of hydrogen-bond acceptors (Lipinski definition) is 2. The maximum Gasteiger partial charge on any atom is 0.116 e. The van der Waals surface area contributed by atoms with Crippen molar-refractivity contribution in [2.24, 2.45) is 0 Å². The first-order chi connectivity index (χ1) is 8.84. The minimum absolute atomic E-state index is 0.897. The van der Waals surface area contributed by atoms with Crippen LogP contribution in [0.3, 0.4) is 0 Å². The largest absolute Gasteiger partial charge is 0.357 e. The maximum atomic E-state index is 4.40. The Hall–Kier alpha value is -2.42. The summed E-state index contributed by atoms with van der Waals surface area (Å²) in [6, 6.07) is 16.0. The van der Waals surface area contributed by atoms with Gasteiger partial charge in [-0.05, 0) is 25.1 Å². The van der Waals surface area contributed by atoms with Crippen LogP contribution in [0.1, 0.15) is 5.69 Å². The van der Waals surface area contributed by atoms with Crippen LogP contribution >= 0.6 is 0 Å². The summed E-state index contributed by atoms with van der Waals surface area (Å²) in [7, 11) is 0. The van der Waals surface area contributed by atoms with Crippen LogP contribution in [0.25, 0.3) is 21.9 Å². The van der Waals surface area contributed by atoms with Crippen molar-refractivity contribution < 1.29 is 0 Å². The van der Waals surface area contributed by atoms with Gasteiger partial charge in [0.25, 0.3) is 0 Å². The third-order valence-electron chi connectivity index (χ3n) is 2.93. The number of aromatic amines is 1. The standard InChI is InChI=1S/C15H13N3/c1-11-12-6-2-3-7-13(12)16-10-17-14-8-4-5-9-15(14)18-11/h2-10,18H,1H3. The molecule has 1 heterocycles. The molecular formula is C15H13N3. The van der Waals surface area contributed by atoms with E-state index in [1.54, 1.807) is 6.33 Å². The van der Waals surface area contributed by atoms with Crippen molar-refractivity contribution in [3.63, 3.8) is 0 Å². The number of fused-ring (bicyclic) bond motifs is 2. The minimum Gasteiger partial charge on any atom is -0.357 e. The molecule has 18 heavy (non-hydrogen) atoms. The van der Waals surface area contributed by atoms with E-state index in [4.69, 9.17) is 0 Å². The Morgan fingerprint density at radius 3 is 2.39 bits per heavy atom. The van der Waals surface area contributed by atoms with Gasteiger partial charge < -0.3 is 4.98 Å². The van der Waals surface area contributed by atoms with Crippen molar-refractivity contribution in [2.75, 3.05) is 0 Å². The lowest BCUT2D eigenvalue weighted by Gasteiger charge is -1.97. The van der Waals surface area contributed by atoms with Crippen molar-refractivity contribution in [1.29, 1.82) is 0 Å². The summed E-state index contributed by atoms with van der Waals surface area (Å²) in [6.07, 6.45) is 1.61. The van der Waals surface area contributed by atoms with E-state index in [9.17, 15) is 0 Å². The Bertz CT molecular complexity index is 758. The number of nitrogens with zero attached hydrogens (tertiary/aromatic N) is 2. The number of rotatable bonds is 0. The second-order valence-electron chi connectivity index (χ2n) is 4.16. The van der Waals surface area contributed by atoms with Gasteiger partial charge in [0, 0.05) is 11.1 Å². The van der Waals surface area contributed by atoms with Gasteiger partial charge in [-0.1, -0.05) is 30.3 Å². The highest BCUT2D eigenvalue weighted by atomic mass is 14.8. The normalized spacial score (nSPS) is 10.5. The number of hydrogen-bond donors (Lipinski definition) is 1. The van der Waals surface area contributed by atoms with Gasteiger partial charge in [-0.2, -0.15) is 0 Å². The third kappa shape index (κ3) is 1.91. The molecule has 0 aliphatic carbocycles. The van der Waals surface area contributed by atoms with E-state index in [0.717, 1.165) is 27.6 Å². The smallest absolute Gasteiger partial charge is 0.116 e. The Morgan fingerprint density at radius 1 is 0.833 bits per heavy atom. The second kappa shape index (κ2) is 4.45. The Balaban J connectivity index is 2.53. The summed E-state index contributed by atoms with van der Waals surface area (Å²) in [5, 5.41) is 1.10. The van der Waals surface area contributed by atoms with Crippen LogP contribution in [0.15, 0.2) is 54.9 Å². The topological polar surface area (TPSA) is 41.6 Å². The van der Waals surface area contributed by atoms with E-state index in [0.29, 0.717) is 0 Å². The van der Waals surface area contributed by atoms with Crippen LogP contribution in [0.5, 0.6) is 0 Å². The molecule has 0 saturated carbocycles. The molecule has 0 amide bonds. The van der Waals surface area contributed by atoms with E-state index in [-0.39, 0.29) is 0 Å². The van der Waals surface area contributed by atoms with E-state index >= 15 is 0 Å². The average molecular weight is 235 g/mol. The number of aromatic nitrogens is 3. The molecule has 0 fully saturated rings. The van der Waals surface area contributed by atoms with Crippen molar-refractivity contribution in [3.8, 4) is 0 Å². The van der Waals surface area contributed by atoms with Crippen molar-refractivity contribution in [3.05, 3.63) is 60.6 Å². The molecule has 1 N–H and O–H groups in total. The summed E-state index contributed by atoms with van der Waals surface area (Å²) >= 11 is 0. The van der Waals surface area contributed by atoms with Gasteiger partial charge >= 0.3 is 0 Å². The summed E-state index contributed by atoms with van der Waals surface area (Å²) < 4.78 is 0. The molecule has 3 rings (SSSR count). The van der Waals surface area contributed by atoms with Crippen LogP contribution in [-0.2, 0) is 0 Å². The van der Waals surface area contributed by atoms with E-state index < -0.39 is 0 Å². The number of para-hydroxylation sites is 3. The van der Waals surface area contributed by atoms with Gasteiger partial charge in [0.1, 0.15) is 6.33 Å². The predicted octanol–water partition coefficient (Wildman–Crippen LogP) is 3.54. The van der Waals surface area contributed by atoms with E-state index in [2.05, 4.69) is 27.9 Å². The van der Waals surface area contributed by atoms with Crippen LogP contribution in [-0.4, -0.2) is 15.0 Å². The number of aryl methyl sites for hydroxylation is 1. The van der Waals surface area contributed by atoms with Crippen molar-refractivity contribution in [1.82, 2.24) is 15.0 Å². The molecule has 0 aliphatic rings. The zero-order valence-electron chi connectivity index (χ0n) is 10.1. The van der Waals surface area contributed by atoms with Crippen molar-refractivity contribution in [2.45, 2.75) is 6.92 Å². The molecule has 3 nitrogen and oxygen atoms in total. The molecule has 0 radical (unpaired) electrons. The summed E-state index contributed by atoms with van der Waals surface area (Å²) in [6.45, 7) is 2.05. The molecule has 2 aromatic carbocycles. The molecular weight excluding hydrogens is 222 g/mol. The average Bonchev–Trinajstić information content (AvgIpc) is 2.47. The second-order valence-corrected chi connectivity index (χ2v) is 4.16. The SMILES string of the molecule is Cc1[nH]c2ccccc2ncnc2ccccc12. The minimum atomic E-state index is 0.897. The van der Waals surface area contributed by atoms with Gasteiger partial charge in [-0.3, -0.25) is 0 Å². The molecule has 1 aromatic heterocycles. The number of H-pyrrole nitrogens is 1. The molecule has 0 unspecified atom stereocenters. The Labute approximate surface area is 105 Å². The first-order valence-electron chi connectivity index (χ1n) is 5.87. The van der Waals surface area contributed by atoms with Gasteiger partial charge in [-0.25, -0.2) is 9.97 Å². The Morgan fingerprint density at radius 2 is 1.50 bits per heavy atom. The summed E-state index contributed by atoms with van der Waals surface area (Å²) in [4.78, 5) is 12.2. The molecule has 88 valence electrons. The molecule has 0 aliphatic heterocycles. The third-order valence-corrected chi connectivity index (χ3v) is 2.93. The Kier molecular flexibility index (Phi) is 2.65. The molecule has 3 heteroatoms. The molecule has 0 bridgehead atoms. The van der Waals surface area contributed by atoms with Crippen molar-refractivity contribution >= 4 is 21.9 Å². The lowest BCUT2D eigenvalue weighted by Crippen LogP contribution is -1.81. The highest BCUT2D eigenvalue weighted by Gasteiger charge is 1.95. The fourth-order valence-electron chi connectivity index (χ4n) is 2.02. The summed E-state index contributed by atoms with van der Waals surface area (Å²) in [5.74, 6) is 0. The molecule has 3 aromatic rings. The number of benzene rings is 2. The fourth-order valence-corrected chi connectivity index (χ4v) is 2.02. The highest BCUT2D eigenvalue weighted by molar-refractivity contribution is 5.81. The summed E-state index contributed by atoms with van der Waals surface area (Å²) in [5.41, 5.74) is 3.90. The van der Waals surface area contributed by atoms with E-state index in [1.165, 1.54) is 0 Å². The van der Waals surface area contributed by atoms with Gasteiger partial charge in [0.2, 0.25) is 0 Å². The zero-order valence-corrected chi connectivity index (χ0v) is 10.1. The first-order valence-corrected chi connectivity index (χ1v) is 5.87. The van der Waals surface area contributed by atoms with Crippen LogP contribution in [0.4, 0.5) is 0 Å². The molecule has 0 saturated heterocycles. The van der Waals surface area contributed by atoms with Crippen LogP contribution < -0.4 is 0 Å². The van der Waals surface area contributed by atoms with Crippen LogP contribution in [0.2, 0.25) is 0 Å². The lowest BCUT2D eigenvalue weighted by molar-refractivity contribution is 1.27. The molecule has 0 spiro atoms. The first kappa shape index (κ1) is 10.7. The maximum absolute atomic E-state index is 4.40. The van der Waals surface area contributed by atoms with Gasteiger partial charge in [0.15, 0.2) is 0 Å². The van der Waals surface area contributed by atoms with Crippen LogP contribution in [0, 0.1) is 6.92 Å². The van der Waals surface area contributed by atoms with Gasteiger partial charge in [-0.15, -0.1) is 0 Å². The van der Waals surface area contributed by atoms with Gasteiger partial charge in [0.05, 0.1) is 16.6 Å². The monoisotopic (exact) mass is 235 g/mol. The van der Waals surface area contributed by atoms with E-state index in [1.807, 2.05) is 42.5 Å². The quantitative estimate of drug-likeness (QED) is 0.647.